The zero-order chi connectivity index (χ0) is 13.6. The Kier molecular flexibility index (Phi) is 2.82. The van der Waals surface area contributed by atoms with E-state index in [2.05, 4.69) is 15.4 Å². The Labute approximate surface area is 113 Å². The summed E-state index contributed by atoms with van der Waals surface area (Å²) in [6, 6.07) is 2.59. The quantitative estimate of drug-likeness (QED) is 0.810. The van der Waals surface area contributed by atoms with E-state index in [0.717, 1.165) is 12.8 Å². The van der Waals surface area contributed by atoms with Crippen LogP contribution in [0.2, 0.25) is 0 Å². The minimum Gasteiger partial charge on any atom is -0.275 e. The van der Waals surface area contributed by atoms with Gasteiger partial charge in [-0.1, -0.05) is 0 Å². The molecule has 5 nitrogen and oxygen atoms in total. The number of hydrogen-bond donors (Lipinski definition) is 0. The highest BCUT2D eigenvalue weighted by molar-refractivity contribution is 6.67. The highest BCUT2D eigenvalue weighted by Gasteiger charge is 2.28. The number of hydrogen-bond acceptors (Lipinski definition) is 4. The molecule has 2 aromatic rings. The molecule has 1 heterocycles. The highest BCUT2D eigenvalue weighted by atomic mass is 35.5. The molecule has 1 fully saturated rings. The van der Waals surface area contributed by atoms with E-state index < -0.39 is 11.1 Å². The minimum absolute atomic E-state index is 0.187. The highest BCUT2D eigenvalue weighted by Crippen LogP contribution is 2.37. The number of benzene rings is 1. The molecule has 3 rings (SSSR count). The van der Waals surface area contributed by atoms with Crippen LogP contribution in [0.1, 0.15) is 40.5 Å². The summed E-state index contributed by atoms with van der Waals surface area (Å²) in [5.41, 5.74) is 0.927. The van der Waals surface area contributed by atoms with E-state index in [0.29, 0.717) is 23.0 Å². The molecule has 0 spiro atoms. The zero-order valence-corrected chi connectivity index (χ0v) is 10.9. The molecule has 0 radical (unpaired) electrons. The van der Waals surface area contributed by atoms with Crippen molar-refractivity contribution >= 4 is 16.8 Å². The predicted molar refractivity (Wildman–Crippen MR) is 66.0 cm³/mol. The van der Waals surface area contributed by atoms with Crippen molar-refractivity contribution in [3.63, 3.8) is 0 Å². The number of rotatable bonds is 3. The second-order valence-electron chi connectivity index (χ2n) is 4.60. The molecule has 1 aliphatic rings. The third-order valence-electron chi connectivity index (χ3n) is 3.08. The van der Waals surface area contributed by atoms with Gasteiger partial charge in [-0.05, 0) is 54.3 Å². The molecule has 1 aromatic heterocycles. The van der Waals surface area contributed by atoms with Gasteiger partial charge in [0.15, 0.2) is 5.82 Å². The van der Waals surface area contributed by atoms with E-state index in [1.54, 1.807) is 6.92 Å². The van der Waals surface area contributed by atoms with Gasteiger partial charge in [0.2, 0.25) is 0 Å². The van der Waals surface area contributed by atoms with Gasteiger partial charge in [-0.15, -0.1) is 15.0 Å². The maximum atomic E-state index is 13.6. The minimum atomic E-state index is -0.846. The summed E-state index contributed by atoms with van der Waals surface area (Å²) in [6.07, 6.45) is 2.14. The van der Waals surface area contributed by atoms with E-state index in [-0.39, 0.29) is 5.56 Å². The molecule has 0 amide bonds. The number of tetrazole rings is 1. The van der Waals surface area contributed by atoms with Gasteiger partial charge < -0.3 is 0 Å². The van der Waals surface area contributed by atoms with Gasteiger partial charge in [-0.3, -0.25) is 4.79 Å². The number of carbonyl (C=O) groups is 1. The largest absolute Gasteiger partial charge is 0.275 e. The van der Waals surface area contributed by atoms with Crippen molar-refractivity contribution in [2.45, 2.75) is 25.7 Å². The Morgan fingerprint density at radius 2 is 2.21 bits per heavy atom. The van der Waals surface area contributed by atoms with Gasteiger partial charge >= 0.3 is 0 Å². The van der Waals surface area contributed by atoms with Crippen molar-refractivity contribution in [3.8, 4) is 5.69 Å². The lowest BCUT2D eigenvalue weighted by molar-refractivity contribution is 0.107. The van der Waals surface area contributed by atoms with Gasteiger partial charge in [-0.2, -0.15) is 0 Å². The van der Waals surface area contributed by atoms with Crippen molar-refractivity contribution in [2.24, 2.45) is 0 Å². The molecular formula is C12H10ClFN4O. The first kappa shape index (κ1) is 12.2. The van der Waals surface area contributed by atoms with Crippen molar-refractivity contribution < 1.29 is 9.18 Å². The van der Waals surface area contributed by atoms with E-state index in [4.69, 9.17) is 11.6 Å². The van der Waals surface area contributed by atoms with Crippen LogP contribution < -0.4 is 0 Å². The third kappa shape index (κ3) is 2.23. The predicted octanol–water partition coefficient (Wildman–Crippen LogP) is 2.37. The molecule has 0 atom stereocenters. The number of aryl methyl sites for hydroxylation is 1. The second kappa shape index (κ2) is 4.38. The summed E-state index contributed by atoms with van der Waals surface area (Å²) in [4.78, 5) is 12.5. The summed E-state index contributed by atoms with van der Waals surface area (Å²) in [6.45, 7) is 1.71. The standard InChI is InChI=1S/C12H10ClFN4O/c1-6-4-9(14)8(11(13)19)5-10(6)18-16-12(15-17-18)7-2-3-7/h4-5,7H,2-3H2,1H3. The van der Waals surface area contributed by atoms with Crippen LogP contribution in [0.5, 0.6) is 0 Å². The maximum Gasteiger partial charge on any atom is 0.255 e. The number of nitrogens with zero attached hydrogens (tertiary/aromatic N) is 4. The fourth-order valence-electron chi connectivity index (χ4n) is 1.86. The molecule has 7 heteroatoms. The monoisotopic (exact) mass is 280 g/mol. The summed E-state index contributed by atoms with van der Waals surface area (Å²) in [7, 11) is 0. The van der Waals surface area contributed by atoms with E-state index in [1.807, 2.05) is 0 Å². The van der Waals surface area contributed by atoms with Crippen LogP contribution in [0.15, 0.2) is 12.1 Å². The average molecular weight is 281 g/mol. The SMILES string of the molecule is Cc1cc(F)c(C(=O)Cl)cc1-n1nnc(C2CC2)n1. The van der Waals surface area contributed by atoms with Crippen LogP contribution in [0.4, 0.5) is 4.39 Å². The molecule has 0 N–H and O–H groups in total. The molecule has 19 heavy (non-hydrogen) atoms. The summed E-state index contributed by atoms with van der Waals surface area (Å²) < 4.78 is 13.6. The van der Waals surface area contributed by atoms with E-state index in [9.17, 15) is 9.18 Å². The number of halogens is 2. The van der Waals surface area contributed by atoms with E-state index in [1.165, 1.54) is 16.9 Å². The first-order chi connectivity index (χ1) is 9.06. The summed E-state index contributed by atoms with van der Waals surface area (Å²) in [5, 5.41) is 11.3. The summed E-state index contributed by atoms with van der Waals surface area (Å²) in [5.74, 6) is 0.412. The van der Waals surface area contributed by atoms with Crippen LogP contribution in [0, 0.1) is 12.7 Å². The number of aromatic nitrogens is 4. The van der Waals surface area contributed by atoms with Crippen molar-refractivity contribution in [1.29, 1.82) is 0 Å². The van der Waals surface area contributed by atoms with Gasteiger partial charge in [0.05, 0.1) is 11.3 Å². The first-order valence-corrected chi connectivity index (χ1v) is 6.24. The smallest absolute Gasteiger partial charge is 0.255 e. The zero-order valence-electron chi connectivity index (χ0n) is 10.1. The summed E-state index contributed by atoms with van der Waals surface area (Å²) >= 11 is 5.34. The van der Waals surface area contributed by atoms with Gasteiger partial charge in [0.25, 0.3) is 5.24 Å². The average Bonchev–Trinajstić information content (AvgIpc) is 3.08. The lowest BCUT2D eigenvalue weighted by Crippen LogP contribution is -2.06. The fourth-order valence-corrected chi connectivity index (χ4v) is 2.00. The topological polar surface area (TPSA) is 60.7 Å². The Morgan fingerprint density at radius 1 is 1.47 bits per heavy atom. The molecule has 1 aromatic carbocycles. The van der Waals surface area contributed by atoms with Gasteiger partial charge in [-0.25, -0.2) is 4.39 Å². The molecular weight excluding hydrogens is 271 g/mol. The van der Waals surface area contributed by atoms with Crippen LogP contribution in [0.25, 0.3) is 5.69 Å². The lowest BCUT2D eigenvalue weighted by Gasteiger charge is -2.06. The molecule has 1 saturated carbocycles. The van der Waals surface area contributed by atoms with Crippen LogP contribution in [-0.2, 0) is 0 Å². The van der Waals surface area contributed by atoms with Crippen molar-refractivity contribution in [1.82, 2.24) is 20.2 Å². The Bertz CT molecular complexity index is 666. The number of carbonyl (C=O) groups excluding carboxylic acids is 1. The van der Waals surface area contributed by atoms with Crippen LogP contribution in [-0.4, -0.2) is 25.4 Å². The fraction of sp³-hybridized carbons (Fsp3) is 0.333. The van der Waals surface area contributed by atoms with Crippen LogP contribution in [0.3, 0.4) is 0 Å². The molecule has 98 valence electrons. The maximum absolute atomic E-state index is 13.6. The molecule has 0 unspecified atom stereocenters. The first-order valence-electron chi connectivity index (χ1n) is 5.86. The van der Waals surface area contributed by atoms with Crippen molar-refractivity contribution in [3.05, 3.63) is 34.9 Å². The third-order valence-corrected chi connectivity index (χ3v) is 3.29. The molecule has 0 saturated heterocycles. The molecule has 1 aliphatic carbocycles. The van der Waals surface area contributed by atoms with E-state index >= 15 is 0 Å². The Balaban J connectivity index is 2.07. The second-order valence-corrected chi connectivity index (χ2v) is 4.95. The van der Waals surface area contributed by atoms with Gasteiger partial charge in [0.1, 0.15) is 5.82 Å². The molecule has 0 aliphatic heterocycles. The van der Waals surface area contributed by atoms with Crippen molar-refractivity contribution in [2.75, 3.05) is 0 Å². The van der Waals surface area contributed by atoms with Crippen LogP contribution >= 0.6 is 11.6 Å². The Hall–Kier alpha value is -1.82. The van der Waals surface area contributed by atoms with Gasteiger partial charge in [0, 0.05) is 5.92 Å². The lowest BCUT2D eigenvalue weighted by atomic mass is 10.1. The Morgan fingerprint density at radius 3 is 2.84 bits per heavy atom. The normalized spacial score (nSPS) is 14.7. The molecule has 0 bridgehead atoms.